The summed E-state index contributed by atoms with van der Waals surface area (Å²) in [4.78, 5) is 25.6. The van der Waals surface area contributed by atoms with E-state index >= 15 is 0 Å². The fourth-order valence-electron chi connectivity index (χ4n) is 2.71. The molecule has 0 aromatic heterocycles. The van der Waals surface area contributed by atoms with Crippen LogP contribution in [-0.4, -0.2) is 40.1 Å². The number of likely N-dealkylation sites (tertiary alicyclic amines) is 1. The SMILES string of the molecule is CCC(Oc1ccccc1Cl)C(=O)N1CCCC1(C)C(=O)O. The van der Waals surface area contributed by atoms with Gasteiger partial charge in [-0.3, -0.25) is 4.79 Å². The first-order valence-corrected chi connectivity index (χ1v) is 7.74. The van der Waals surface area contributed by atoms with Gasteiger partial charge in [0.1, 0.15) is 11.3 Å². The van der Waals surface area contributed by atoms with Gasteiger partial charge in [-0.15, -0.1) is 0 Å². The number of carbonyl (C=O) groups is 2. The molecule has 2 unspecified atom stereocenters. The first-order valence-electron chi connectivity index (χ1n) is 7.36. The Morgan fingerprint density at radius 3 is 2.73 bits per heavy atom. The normalized spacial score (nSPS) is 22.4. The summed E-state index contributed by atoms with van der Waals surface area (Å²) in [6, 6.07) is 6.93. The molecule has 120 valence electrons. The van der Waals surface area contributed by atoms with Crippen molar-refractivity contribution in [3.05, 3.63) is 29.3 Å². The third kappa shape index (κ3) is 3.04. The van der Waals surface area contributed by atoms with Crippen LogP contribution in [0.2, 0.25) is 5.02 Å². The maximum Gasteiger partial charge on any atom is 0.329 e. The lowest BCUT2D eigenvalue weighted by molar-refractivity contribution is -0.158. The monoisotopic (exact) mass is 325 g/mol. The summed E-state index contributed by atoms with van der Waals surface area (Å²) >= 11 is 6.05. The Balaban J connectivity index is 2.19. The Kier molecular flexibility index (Phi) is 4.96. The van der Waals surface area contributed by atoms with E-state index in [1.165, 1.54) is 4.90 Å². The molecule has 1 amide bonds. The predicted molar refractivity (Wildman–Crippen MR) is 83.1 cm³/mol. The molecular weight excluding hydrogens is 306 g/mol. The van der Waals surface area contributed by atoms with Crippen LogP contribution in [0.25, 0.3) is 0 Å². The van der Waals surface area contributed by atoms with E-state index < -0.39 is 17.6 Å². The molecule has 0 aliphatic carbocycles. The number of halogens is 1. The summed E-state index contributed by atoms with van der Waals surface area (Å²) in [5.74, 6) is -0.851. The van der Waals surface area contributed by atoms with Crippen LogP contribution < -0.4 is 4.74 Å². The summed E-state index contributed by atoms with van der Waals surface area (Å²) in [5.41, 5.74) is -1.16. The van der Waals surface area contributed by atoms with E-state index in [-0.39, 0.29) is 5.91 Å². The first kappa shape index (κ1) is 16.6. The Morgan fingerprint density at radius 2 is 2.14 bits per heavy atom. The van der Waals surface area contributed by atoms with Crippen LogP contribution in [0, 0.1) is 0 Å². The molecule has 6 heteroatoms. The summed E-state index contributed by atoms with van der Waals surface area (Å²) in [6.07, 6.45) is 0.834. The lowest BCUT2D eigenvalue weighted by atomic mass is 9.98. The maximum atomic E-state index is 12.7. The number of hydrogen-bond acceptors (Lipinski definition) is 3. The van der Waals surface area contributed by atoms with E-state index in [1.54, 1.807) is 31.2 Å². The van der Waals surface area contributed by atoms with Crippen LogP contribution in [0.1, 0.15) is 33.1 Å². The zero-order valence-corrected chi connectivity index (χ0v) is 13.5. The number of benzene rings is 1. The van der Waals surface area contributed by atoms with Crippen LogP contribution in [0.4, 0.5) is 0 Å². The van der Waals surface area contributed by atoms with Crippen LogP contribution >= 0.6 is 11.6 Å². The van der Waals surface area contributed by atoms with Crippen molar-refractivity contribution in [2.45, 2.75) is 44.8 Å². The molecule has 1 aliphatic rings. The van der Waals surface area contributed by atoms with E-state index in [0.29, 0.717) is 36.6 Å². The van der Waals surface area contributed by atoms with Gasteiger partial charge >= 0.3 is 5.97 Å². The number of ether oxygens (including phenoxy) is 1. The highest BCUT2D eigenvalue weighted by atomic mass is 35.5. The van der Waals surface area contributed by atoms with Gasteiger partial charge in [0.05, 0.1) is 5.02 Å². The molecule has 1 fully saturated rings. The van der Waals surface area contributed by atoms with Gasteiger partial charge in [-0.25, -0.2) is 4.79 Å². The average molecular weight is 326 g/mol. The minimum Gasteiger partial charge on any atom is -0.480 e. The van der Waals surface area contributed by atoms with Crippen molar-refractivity contribution in [2.75, 3.05) is 6.54 Å². The Labute approximate surface area is 134 Å². The van der Waals surface area contributed by atoms with Crippen molar-refractivity contribution in [2.24, 2.45) is 0 Å². The van der Waals surface area contributed by atoms with Gasteiger partial charge < -0.3 is 14.7 Å². The molecule has 1 aliphatic heterocycles. The van der Waals surface area contributed by atoms with Gasteiger partial charge in [-0.05, 0) is 38.3 Å². The van der Waals surface area contributed by atoms with Crippen molar-refractivity contribution in [1.29, 1.82) is 0 Å². The van der Waals surface area contributed by atoms with Crippen molar-refractivity contribution in [1.82, 2.24) is 4.90 Å². The fraction of sp³-hybridized carbons (Fsp3) is 0.500. The van der Waals surface area contributed by atoms with Crippen molar-refractivity contribution in [3.8, 4) is 5.75 Å². The Hall–Kier alpha value is -1.75. The Morgan fingerprint density at radius 1 is 1.45 bits per heavy atom. The van der Waals surface area contributed by atoms with Gasteiger partial charge in [0.25, 0.3) is 5.91 Å². The van der Waals surface area contributed by atoms with Crippen LogP contribution in [-0.2, 0) is 9.59 Å². The molecule has 5 nitrogen and oxygen atoms in total. The van der Waals surface area contributed by atoms with Crippen LogP contribution in [0.15, 0.2) is 24.3 Å². The quantitative estimate of drug-likeness (QED) is 0.903. The third-order valence-corrected chi connectivity index (χ3v) is 4.43. The zero-order chi connectivity index (χ0) is 16.3. The van der Waals surface area contributed by atoms with Gasteiger partial charge in [0.2, 0.25) is 0 Å². The number of carboxylic acids is 1. The lowest BCUT2D eigenvalue weighted by Crippen LogP contribution is -2.54. The molecular formula is C16H20ClNO4. The number of nitrogens with zero attached hydrogens (tertiary/aromatic N) is 1. The summed E-state index contributed by atoms with van der Waals surface area (Å²) in [5, 5.41) is 9.85. The van der Waals surface area contributed by atoms with Crippen molar-refractivity contribution < 1.29 is 19.4 Å². The number of rotatable bonds is 5. The van der Waals surface area contributed by atoms with Gasteiger partial charge in [0.15, 0.2) is 6.10 Å². The maximum absolute atomic E-state index is 12.7. The number of para-hydroxylation sites is 1. The summed E-state index contributed by atoms with van der Waals surface area (Å²) in [7, 11) is 0. The minimum absolute atomic E-state index is 0.301. The number of hydrogen-bond donors (Lipinski definition) is 1. The predicted octanol–water partition coefficient (Wildman–Crippen LogP) is 2.96. The highest BCUT2D eigenvalue weighted by molar-refractivity contribution is 6.32. The second-order valence-corrected chi connectivity index (χ2v) is 6.02. The number of carboxylic acid groups (broad SMARTS) is 1. The molecule has 22 heavy (non-hydrogen) atoms. The highest BCUT2D eigenvalue weighted by Gasteiger charge is 2.47. The molecule has 0 saturated carbocycles. The van der Waals surface area contributed by atoms with E-state index in [1.807, 2.05) is 6.92 Å². The molecule has 0 radical (unpaired) electrons. The van der Waals surface area contributed by atoms with E-state index in [9.17, 15) is 14.7 Å². The van der Waals surface area contributed by atoms with Crippen molar-refractivity contribution >= 4 is 23.5 Å². The van der Waals surface area contributed by atoms with Crippen LogP contribution in [0.5, 0.6) is 5.75 Å². The van der Waals surface area contributed by atoms with E-state index in [0.717, 1.165) is 0 Å². The molecule has 1 aromatic carbocycles. The molecule has 0 bridgehead atoms. The third-order valence-electron chi connectivity index (χ3n) is 4.12. The molecule has 1 aromatic rings. The van der Waals surface area contributed by atoms with Gasteiger partial charge in [0, 0.05) is 6.54 Å². The van der Waals surface area contributed by atoms with Gasteiger partial charge in [-0.2, -0.15) is 0 Å². The molecule has 2 rings (SSSR count). The number of aliphatic carboxylic acids is 1. The molecule has 1 heterocycles. The standard InChI is InChI=1S/C16H20ClNO4/c1-3-12(22-13-8-5-4-7-11(13)17)14(19)18-10-6-9-16(18,2)15(20)21/h4-5,7-8,12H,3,6,9-10H2,1-2H3,(H,20,21). The number of amides is 1. The van der Waals surface area contributed by atoms with E-state index in [4.69, 9.17) is 16.3 Å². The smallest absolute Gasteiger partial charge is 0.329 e. The zero-order valence-electron chi connectivity index (χ0n) is 12.7. The summed E-state index contributed by atoms with van der Waals surface area (Å²) < 4.78 is 5.73. The van der Waals surface area contributed by atoms with Crippen molar-refractivity contribution in [3.63, 3.8) is 0 Å². The largest absolute Gasteiger partial charge is 0.480 e. The highest BCUT2D eigenvalue weighted by Crippen LogP contribution is 2.31. The fourth-order valence-corrected chi connectivity index (χ4v) is 2.89. The minimum atomic E-state index is -1.16. The first-order chi connectivity index (χ1) is 10.4. The van der Waals surface area contributed by atoms with E-state index in [2.05, 4.69) is 0 Å². The second-order valence-electron chi connectivity index (χ2n) is 5.62. The molecule has 2 atom stereocenters. The Bertz CT molecular complexity index is 577. The van der Waals surface area contributed by atoms with Crippen LogP contribution in [0.3, 0.4) is 0 Å². The average Bonchev–Trinajstić information content (AvgIpc) is 2.89. The lowest BCUT2D eigenvalue weighted by Gasteiger charge is -2.33. The molecule has 0 spiro atoms. The molecule has 1 N–H and O–H groups in total. The molecule has 1 saturated heterocycles. The second kappa shape index (κ2) is 6.57. The topological polar surface area (TPSA) is 66.8 Å². The van der Waals surface area contributed by atoms with Gasteiger partial charge in [-0.1, -0.05) is 30.7 Å². The summed E-state index contributed by atoms with van der Waals surface area (Å²) in [6.45, 7) is 3.85. The number of carbonyl (C=O) groups excluding carboxylic acids is 1.